The number of hydrogen-bond acceptors (Lipinski definition) is 3. The zero-order chi connectivity index (χ0) is 12.1. The molecule has 1 unspecified atom stereocenters. The number of carboxylic acids is 1. The first kappa shape index (κ1) is 12.8. The Morgan fingerprint density at radius 2 is 2.25 bits per heavy atom. The molecule has 1 rings (SSSR count). The third-order valence-electron chi connectivity index (χ3n) is 2.29. The van der Waals surface area contributed by atoms with Gasteiger partial charge in [0, 0.05) is 5.92 Å². The first-order valence-electron chi connectivity index (χ1n) is 4.74. The normalized spacial score (nSPS) is 12.2. The Balaban J connectivity index is 2.93. The van der Waals surface area contributed by atoms with E-state index in [2.05, 4.69) is 0 Å². The van der Waals surface area contributed by atoms with Crippen molar-refractivity contribution in [3.8, 4) is 5.75 Å². The van der Waals surface area contributed by atoms with E-state index in [-0.39, 0.29) is 13.0 Å². The van der Waals surface area contributed by atoms with Crippen molar-refractivity contribution in [2.24, 2.45) is 0 Å². The molecule has 0 saturated carbocycles. The van der Waals surface area contributed by atoms with E-state index in [1.54, 1.807) is 18.2 Å². The average Bonchev–Trinajstić information content (AvgIpc) is 2.25. The summed E-state index contributed by atoms with van der Waals surface area (Å²) in [6.07, 6.45) is -0.126. The SMILES string of the molecule is COc1ccc(C(CO)CC(=O)O)cc1Cl. The van der Waals surface area contributed by atoms with Gasteiger partial charge >= 0.3 is 5.97 Å². The van der Waals surface area contributed by atoms with Crippen molar-refractivity contribution in [1.29, 1.82) is 0 Å². The minimum absolute atomic E-state index is 0.126. The molecule has 1 atom stereocenters. The molecule has 5 heteroatoms. The molecule has 0 aliphatic carbocycles. The number of rotatable bonds is 5. The lowest BCUT2D eigenvalue weighted by Gasteiger charge is -2.13. The van der Waals surface area contributed by atoms with Crippen LogP contribution < -0.4 is 4.74 Å². The number of hydrogen-bond donors (Lipinski definition) is 2. The van der Waals surface area contributed by atoms with Gasteiger partial charge < -0.3 is 14.9 Å². The standard InChI is InChI=1S/C11H13ClO4/c1-16-10-3-2-7(4-9(10)12)8(6-13)5-11(14)15/h2-4,8,13H,5-6H2,1H3,(H,14,15). The highest BCUT2D eigenvalue weighted by atomic mass is 35.5. The fourth-order valence-corrected chi connectivity index (χ4v) is 1.70. The molecular weight excluding hydrogens is 232 g/mol. The third-order valence-corrected chi connectivity index (χ3v) is 2.58. The molecule has 0 bridgehead atoms. The molecule has 1 aromatic rings. The maximum absolute atomic E-state index is 10.6. The number of aliphatic hydroxyl groups excluding tert-OH is 1. The van der Waals surface area contributed by atoms with Crippen LogP contribution in [0.25, 0.3) is 0 Å². The molecule has 0 saturated heterocycles. The van der Waals surface area contributed by atoms with Gasteiger partial charge in [0.1, 0.15) is 5.75 Å². The fraction of sp³-hybridized carbons (Fsp3) is 0.364. The van der Waals surface area contributed by atoms with Crippen molar-refractivity contribution in [3.63, 3.8) is 0 Å². The molecule has 0 radical (unpaired) electrons. The molecule has 88 valence electrons. The van der Waals surface area contributed by atoms with E-state index in [0.717, 1.165) is 0 Å². The van der Waals surface area contributed by atoms with E-state index >= 15 is 0 Å². The quantitative estimate of drug-likeness (QED) is 0.830. The molecule has 1 aromatic carbocycles. The van der Waals surface area contributed by atoms with E-state index in [1.807, 2.05) is 0 Å². The zero-order valence-electron chi connectivity index (χ0n) is 8.81. The molecule has 0 heterocycles. The first-order valence-corrected chi connectivity index (χ1v) is 5.12. The highest BCUT2D eigenvalue weighted by Crippen LogP contribution is 2.29. The summed E-state index contributed by atoms with van der Waals surface area (Å²) in [5.41, 5.74) is 0.690. The van der Waals surface area contributed by atoms with Gasteiger partial charge in [0.2, 0.25) is 0 Å². The summed E-state index contributed by atoms with van der Waals surface area (Å²) in [6, 6.07) is 4.97. The first-order chi connectivity index (χ1) is 7.58. The van der Waals surface area contributed by atoms with Crippen LogP contribution in [-0.4, -0.2) is 29.9 Å². The van der Waals surface area contributed by atoms with Crippen LogP contribution in [0.2, 0.25) is 5.02 Å². The Morgan fingerprint density at radius 1 is 1.56 bits per heavy atom. The predicted molar refractivity (Wildman–Crippen MR) is 60.1 cm³/mol. The number of aliphatic carboxylic acids is 1. The van der Waals surface area contributed by atoms with Crippen molar-refractivity contribution in [2.45, 2.75) is 12.3 Å². The number of halogens is 1. The monoisotopic (exact) mass is 244 g/mol. The summed E-state index contributed by atoms with van der Waals surface area (Å²) >= 11 is 5.91. The Labute approximate surface area is 98.4 Å². The lowest BCUT2D eigenvalue weighted by Crippen LogP contribution is -2.10. The van der Waals surface area contributed by atoms with Crippen molar-refractivity contribution in [1.82, 2.24) is 0 Å². The van der Waals surface area contributed by atoms with Crippen molar-refractivity contribution >= 4 is 17.6 Å². The largest absolute Gasteiger partial charge is 0.495 e. The number of methoxy groups -OCH3 is 1. The van der Waals surface area contributed by atoms with Crippen LogP contribution in [0.3, 0.4) is 0 Å². The second kappa shape index (κ2) is 5.72. The van der Waals surface area contributed by atoms with Crippen LogP contribution in [-0.2, 0) is 4.79 Å². The highest BCUT2D eigenvalue weighted by molar-refractivity contribution is 6.32. The molecule has 0 aliphatic heterocycles. The van der Waals surface area contributed by atoms with Gasteiger partial charge in [-0.2, -0.15) is 0 Å². The van der Waals surface area contributed by atoms with Gasteiger partial charge in [0.15, 0.2) is 0 Å². The summed E-state index contributed by atoms with van der Waals surface area (Å²) in [7, 11) is 1.50. The molecule has 0 amide bonds. The average molecular weight is 245 g/mol. The van der Waals surface area contributed by atoms with Crippen LogP contribution in [0, 0.1) is 0 Å². The van der Waals surface area contributed by atoms with E-state index in [1.165, 1.54) is 7.11 Å². The summed E-state index contributed by atoms with van der Waals surface area (Å²) in [5, 5.41) is 18.2. The number of aliphatic hydroxyl groups is 1. The molecule has 16 heavy (non-hydrogen) atoms. The van der Waals surface area contributed by atoms with Crippen molar-refractivity contribution < 1.29 is 19.7 Å². The van der Waals surface area contributed by atoms with Crippen LogP contribution in [0.15, 0.2) is 18.2 Å². The van der Waals surface area contributed by atoms with Gasteiger partial charge in [-0.05, 0) is 17.7 Å². The summed E-state index contributed by atoms with van der Waals surface area (Å²) in [4.78, 5) is 10.6. The summed E-state index contributed by atoms with van der Waals surface area (Å²) < 4.78 is 4.98. The van der Waals surface area contributed by atoms with Crippen molar-refractivity contribution in [2.75, 3.05) is 13.7 Å². The Kier molecular flexibility index (Phi) is 4.58. The molecule has 0 aliphatic rings. The molecular formula is C11H13ClO4. The molecule has 0 spiro atoms. The van der Waals surface area contributed by atoms with Gasteiger partial charge in [-0.1, -0.05) is 17.7 Å². The summed E-state index contributed by atoms with van der Waals surface area (Å²) in [5.74, 6) is -0.871. The predicted octanol–water partition coefficient (Wildman–Crippen LogP) is 1.90. The number of carboxylic acid groups (broad SMARTS) is 1. The number of ether oxygens (including phenoxy) is 1. The third kappa shape index (κ3) is 3.12. The van der Waals surface area contributed by atoms with Crippen molar-refractivity contribution in [3.05, 3.63) is 28.8 Å². The number of carbonyl (C=O) groups is 1. The highest BCUT2D eigenvalue weighted by Gasteiger charge is 2.15. The van der Waals surface area contributed by atoms with Crippen LogP contribution in [0.5, 0.6) is 5.75 Å². The smallest absolute Gasteiger partial charge is 0.304 e. The zero-order valence-corrected chi connectivity index (χ0v) is 9.57. The molecule has 0 fully saturated rings. The molecule has 4 nitrogen and oxygen atoms in total. The summed E-state index contributed by atoms with van der Waals surface area (Å²) in [6.45, 7) is -0.227. The van der Waals surface area contributed by atoms with Gasteiger partial charge in [-0.15, -0.1) is 0 Å². The fourth-order valence-electron chi connectivity index (χ4n) is 1.44. The second-order valence-corrected chi connectivity index (χ2v) is 3.78. The van der Waals surface area contributed by atoms with E-state index in [9.17, 15) is 4.79 Å². The lowest BCUT2D eigenvalue weighted by atomic mass is 9.96. The van der Waals surface area contributed by atoms with Gasteiger partial charge in [0.05, 0.1) is 25.2 Å². The maximum atomic E-state index is 10.6. The van der Waals surface area contributed by atoms with E-state index in [4.69, 9.17) is 26.6 Å². The topological polar surface area (TPSA) is 66.8 Å². The maximum Gasteiger partial charge on any atom is 0.304 e. The lowest BCUT2D eigenvalue weighted by molar-refractivity contribution is -0.137. The minimum Gasteiger partial charge on any atom is -0.495 e. The van der Waals surface area contributed by atoms with Crippen LogP contribution in [0.1, 0.15) is 17.9 Å². The van der Waals surface area contributed by atoms with Crippen LogP contribution in [0.4, 0.5) is 0 Å². The molecule has 0 aromatic heterocycles. The Hall–Kier alpha value is -1.26. The van der Waals surface area contributed by atoms with Crippen LogP contribution >= 0.6 is 11.6 Å². The Morgan fingerprint density at radius 3 is 2.69 bits per heavy atom. The van der Waals surface area contributed by atoms with Gasteiger partial charge in [-0.25, -0.2) is 0 Å². The minimum atomic E-state index is -0.953. The molecule has 2 N–H and O–H groups in total. The Bertz CT molecular complexity index is 378. The van der Waals surface area contributed by atoms with Gasteiger partial charge in [0.25, 0.3) is 0 Å². The van der Waals surface area contributed by atoms with E-state index in [0.29, 0.717) is 16.3 Å². The van der Waals surface area contributed by atoms with Gasteiger partial charge in [-0.3, -0.25) is 4.79 Å². The van der Waals surface area contributed by atoms with E-state index < -0.39 is 11.9 Å². The second-order valence-electron chi connectivity index (χ2n) is 3.37. The number of benzene rings is 1.